The molecule has 47 heavy (non-hydrogen) atoms. The summed E-state index contributed by atoms with van der Waals surface area (Å²) in [5.41, 5.74) is 8.71. The lowest BCUT2D eigenvalue weighted by atomic mass is 9.90. The molecule has 6 nitrogen and oxygen atoms in total. The fraction of sp³-hybridized carbons (Fsp3) is 0.390. The summed E-state index contributed by atoms with van der Waals surface area (Å²) in [5.74, 6) is 3.50. The fourth-order valence-electron chi connectivity index (χ4n) is 6.57. The van der Waals surface area contributed by atoms with Crippen LogP contribution in [0.2, 0.25) is 0 Å². The van der Waals surface area contributed by atoms with Crippen molar-refractivity contribution in [3.05, 3.63) is 111 Å². The highest BCUT2D eigenvalue weighted by Crippen LogP contribution is 2.44. The smallest absolute Gasteiger partial charge is 0.343 e. The number of para-hydroxylation sites is 2. The lowest BCUT2D eigenvalue weighted by molar-refractivity contribution is 0.0735. The lowest BCUT2D eigenvalue weighted by Crippen LogP contribution is -2.12. The zero-order valence-corrected chi connectivity index (χ0v) is 28.2. The van der Waals surface area contributed by atoms with E-state index in [-0.39, 0.29) is 5.97 Å². The highest BCUT2D eigenvalue weighted by Gasteiger charge is 2.30. The molecule has 0 radical (unpaired) electrons. The van der Waals surface area contributed by atoms with Crippen molar-refractivity contribution in [2.45, 2.75) is 79.1 Å². The predicted octanol–water partition coefficient (Wildman–Crippen LogP) is 9.05. The first-order chi connectivity index (χ1) is 23.1. The van der Waals surface area contributed by atoms with E-state index < -0.39 is 0 Å². The van der Waals surface area contributed by atoms with Gasteiger partial charge >= 0.3 is 5.97 Å². The summed E-state index contributed by atoms with van der Waals surface area (Å²) in [5, 5.41) is 0. The van der Waals surface area contributed by atoms with Crippen LogP contribution >= 0.6 is 0 Å². The third kappa shape index (κ3) is 6.83. The molecule has 1 aliphatic carbocycles. The van der Waals surface area contributed by atoms with Crippen molar-refractivity contribution in [2.24, 2.45) is 0 Å². The van der Waals surface area contributed by atoms with Gasteiger partial charge in [0.25, 0.3) is 0 Å². The highest BCUT2D eigenvalue weighted by atomic mass is 16.5. The SMILES string of the molecule is CCCOc1c2cccc1Cc1ccc3c(c1OCCC)Cc1c(ccc(c1OCCC)Cc1cccc(c1OCCC)C2)C(=O)O3. The number of carbonyl (C=O) groups is 1. The van der Waals surface area contributed by atoms with Gasteiger partial charge in [-0.3, -0.25) is 0 Å². The summed E-state index contributed by atoms with van der Waals surface area (Å²) < 4.78 is 32.2. The maximum Gasteiger partial charge on any atom is 0.343 e. The number of rotatable bonds is 12. The summed E-state index contributed by atoms with van der Waals surface area (Å²) in [7, 11) is 0. The molecule has 2 aliphatic rings. The number of esters is 1. The Morgan fingerprint density at radius 3 is 1.36 bits per heavy atom. The van der Waals surface area contributed by atoms with Crippen molar-refractivity contribution in [1.82, 2.24) is 0 Å². The molecule has 0 unspecified atom stereocenters. The van der Waals surface area contributed by atoms with Crippen LogP contribution in [0.25, 0.3) is 0 Å². The van der Waals surface area contributed by atoms with Gasteiger partial charge in [0.2, 0.25) is 0 Å². The zero-order chi connectivity index (χ0) is 32.8. The monoisotopic (exact) mass is 634 g/mol. The van der Waals surface area contributed by atoms with Gasteiger partial charge in [-0.1, -0.05) is 76.2 Å². The molecule has 0 aromatic heterocycles. The van der Waals surface area contributed by atoms with Crippen LogP contribution in [0.15, 0.2) is 60.7 Å². The molecule has 0 amide bonds. The molecule has 1 heterocycles. The third-order valence-corrected chi connectivity index (χ3v) is 8.72. The van der Waals surface area contributed by atoms with E-state index in [1.807, 2.05) is 24.3 Å². The molecule has 0 atom stereocenters. The molecule has 0 fully saturated rings. The second-order valence-corrected chi connectivity index (χ2v) is 12.4. The molecule has 1 aliphatic heterocycles. The Labute approximate surface area is 279 Å². The molecular formula is C41H46O6. The van der Waals surface area contributed by atoms with Gasteiger partial charge in [0, 0.05) is 36.8 Å². The maximum absolute atomic E-state index is 13.7. The fourth-order valence-corrected chi connectivity index (χ4v) is 6.57. The van der Waals surface area contributed by atoms with Crippen LogP contribution in [0.1, 0.15) is 108 Å². The van der Waals surface area contributed by atoms with Gasteiger partial charge in [0.05, 0.1) is 32.0 Å². The molecule has 4 aromatic carbocycles. The van der Waals surface area contributed by atoms with Crippen LogP contribution in [0.5, 0.6) is 28.7 Å². The van der Waals surface area contributed by atoms with Gasteiger partial charge in [-0.05, 0) is 71.2 Å². The van der Waals surface area contributed by atoms with E-state index in [4.69, 9.17) is 23.7 Å². The Morgan fingerprint density at radius 2 is 0.894 bits per heavy atom. The Hall–Kier alpha value is -4.45. The normalized spacial score (nSPS) is 13.2. The first-order valence-corrected chi connectivity index (χ1v) is 17.3. The van der Waals surface area contributed by atoms with Crippen LogP contribution in [0.4, 0.5) is 0 Å². The Morgan fingerprint density at radius 1 is 0.489 bits per heavy atom. The molecule has 6 heteroatoms. The van der Waals surface area contributed by atoms with Crippen molar-refractivity contribution in [1.29, 1.82) is 0 Å². The second kappa shape index (κ2) is 15.0. The van der Waals surface area contributed by atoms with Gasteiger partial charge in [-0.15, -0.1) is 0 Å². The number of carbonyl (C=O) groups excluding carboxylic acids is 1. The standard InChI is InChI=1S/C41H46O6/c1-5-19-43-37-27-11-9-13-29(37)24-31-15-17-33-34(39(31)45-21-7-3)26-35-36(47-41(33)42)18-16-32(40(35)46-22-8-4)25-30-14-10-12-28(23-27)38(30)44-20-6-2/h9-18H,5-8,19-26H2,1-4H3. The molecule has 0 saturated carbocycles. The zero-order valence-electron chi connectivity index (χ0n) is 28.2. The first-order valence-electron chi connectivity index (χ1n) is 17.3. The van der Waals surface area contributed by atoms with E-state index in [0.29, 0.717) is 63.4 Å². The molecule has 4 aromatic rings. The summed E-state index contributed by atoms with van der Waals surface area (Å²) in [4.78, 5) is 13.7. The molecular weight excluding hydrogens is 588 g/mol. The lowest BCUT2D eigenvalue weighted by Gasteiger charge is -2.22. The van der Waals surface area contributed by atoms with Gasteiger partial charge in [-0.25, -0.2) is 4.79 Å². The molecule has 6 rings (SSSR count). The average Bonchev–Trinajstić information content (AvgIpc) is 3.22. The summed E-state index contributed by atoms with van der Waals surface area (Å²) in [6.07, 6.45) is 5.85. The number of fused-ring (bicyclic) bond motifs is 6. The predicted molar refractivity (Wildman–Crippen MR) is 185 cm³/mol. The minimum atomic E-state index is -0.379. The van der Waals surface area contributed by atoms with Crippen molar-refractivity contribution in [2.75, 3.05) is 26.4 Å². The van der Waals surface area contributed by atoms with Crippen molar-refractivity contribution >= 4 is 5.97 Å². The number of hydrogen-bond acceptors (Lipinski definition) is 6. The van der Waals surface area contributed by atoms with Crippen LogP contribution in [-0.2, 0) is 25.7 Å². The molecule has 8 bridgehead atoms. The van der Waals surface area contributed by atoms with E-state index in [1.165, 1.54) is 0 Å². The first kappa shape index (κ1) is 32.5. The topological polar surface area (TPSA) is 63.2 Å². The van der Waals surface area contributed by atoms with Crippen LogP contribution in [-0.4, -0.2) is 32.4 Å². The molecule has 0 spiro atoms. The van der Waals surface area contributed by atoms with Crippen LogP contribution in [0, 0.1) is 0 Å². The van der Waals surface area contributed by atoms with Crippen molar-refractivity contribution in [3.63, 3.8) is 0 Å². The third-order valence-electron chi connectivity index (χ3n) is 8.72. The van der Waals surface area contributed by atoms with Gasteiger partial charge in [0.1, 0.15) is 28.7 Å². The van der Waals surface area contributed by atoms with Gasteiger partial charge in [-0.2, -0.15) is 0 Å². The summed E-state index contributed by atoms with van der Waals surface area (Å²) >= 11 is 0. The Balaban J connectivity index is 1.63. The Kier molecular flexibility index (Phi) is 10.4. The van der Waals surface area contributed by atoms with E-state index in [9.17, 15) is 4.79 Å². The maximum atomic E-state index is 13.7. The van der Waals surface area contributed by atoms with Crippen molar-refractivity contribution in [3.8, 4) is 28.7 Å². The van der Waals surface area contributed by atoms with Gasteiger partial charge < -0.3 is 23.7 Å². The molecule has 246 valence electrons. The highest BCUT2D eigenvalue weighted by molar-refractivity contribution is 5.95. The number of hydrogen-bond donors (Lipinski definition) is 0. The quantitative estimate of drug-likeness (QED) is 0.101. The second-order valence-electron chi connectivity index (χ2n) is 12.4. The van der Waals surface area contributed by atoms with Crippen LogP contribution in [0.3, 0.4) is 0 Å². The van der Waals surface area contributed by atoms with Crippen molar-refractivity contribution < 1.29 is 28.5 Å². The molecule has 0 saturated heterocycles. The van der Waals surface area contributed by atoms with E-state index >= 15 is 0 Å². The van der Waals surface area contributed by atoms with E-state index in [2.05, 4.69) is 64.1 Å². The van der Waals surface area contributed by atoms with Crippen LogP contribution < -0.4 is 23.7 Å². The molecule has 0 N–H and O–H groups in total. The number of ether oxygens (including phenoxy) is 5. The minimum Gasteiger partial charge on any atom is -0.493 e. The summed E-state index contributed by atoms with van der Waals surface area (Å²) in [6, 6.07) is 20.7. The number of benzene rings is 4. The largest absolute Gasteiger partial charge is 0.493 e. The van der Waals surface area contributed by atoms with E-state index in [0.717, 1.165) is 93.2 Å². The average molecular weight is 635 g/mol. The van der Waals surface area contributed by atoms with E-state index in [1.54, 1.807) is 0 Å². The minimum absolute atomic E-state index is 0.379. The van der Waals surface area contributed by atoms with Gasteiger partial charge in [0.15, 0.2) is 0 Å². The summed E-state index contributed by atoms with van der Waals surface area (Å²) in [6.45, 7) is 10.8. The Bertz CT molecular complexity index is 1740.